The van der Waals surface area contributed by atoms with Gasteiger partial charge >= 0.3 is 0 Å². The molecule has 25 heavy (non-hydrogen) atoms. The minimum Gasteiger partial charge on any atom is -0.339 e. The third-order valence-corrected chi connectivity index (χ3v) is 6.59. The van der Waals surface area contributed by atoms with Crippen molar-refractivity contribution in [1.82, 2.24) is 15.1 Å². The summed E-state index contributed by atoms with van der Waals surface area (Å²) in [7, 11) is 0. The van der Waals surface area contributed by atoms with E-state index in [2.05, 4.69) is 17.4 Å². The summed E-state index contributed by atoms with van der Waals surface area (Å²) in [4.78, 5) is 30.1. The Kier molecular flexibility index (Phi) is 4.48. The number of nitrogens with one attached hydrogen (secondary N) is 1. The highest BCUT2D eigenvalue weighted by Gasteiger charge is 2.31. The first kappa shape index (κ1) is 16.5. The average Bonchev–Trinajstić information content (AvgIpc) is 3.30. The fraction of sp³-hybridized carbons (Fsp3) is 0.474. The predicted octanol–water partition coefficient (Wildman–Crippen LogP) is 2.10. The van der Waals surface area contributed by atoms with Gasteiger partial charge in [-0.2, -0.15) is 0 Å². The smallest absolute Gasteiger partial charge is 0.264 e. The molecule has 6 heteroatoms. The zero-order valence-electron chi connectivity index (χ0n) is 14.5. The van der Waals surface area contributed by atoms with E-state index in [1.165, 1.54) is 5.39 Å². The second-order valence-corrected chi connectivity index (χ2v) is 7.91. The molecular formula is C19H23N3O2S. The zero-order valence-corrected chi connectivity index (χ0v) is 15.3. The Morgan fingerprint density at radius 2 is 1.84 bits per heavy atom. The lowest BCUT2D eigenvalue weighted by Gasteiger charge is -2.35. The van der Waals surface area contributed by atoms with Crippen LogP contribution in [0.4, 0.5) is 0 Å². The summed E-state index contributed by atoms with van der Waals surface area (Å²) >= 11 is 1.57. The summed E-state index contributed by atoms with van der Waals surface area (Å²) in [5.41, 5.74) is 1.07. The van der Waals surface area contributed by atoms with E-state index in [1.54, 1.807) is 11.3 Å². The third kappa shape index (κ3) is 3.04. The van der Waals surface area contributed by atoms with Gasteiger partial charge in [-0.3, -0.25) is 9.59 Å². The van der Waals surface area contributed by atoms with Crippen LogP contribution in [-0.2, 0) is 4.79 Å². The van der Waals surface area contributed by atoms with E-state index in [0.29, 0.717) is 26.2 Å². The van der Waals surface area contributed by atoms with Crippen LogP contribution < -0.4 is 5.32 Å². The van der Waals surface area contributed by atoms with Crippen LogP contribution in [0.15, 0.2) is 24.3 Å². The molecule has 2 saturated heterocycles. The molecule has 0 radical (unpaired) electrons. The summed E-state index contributed by atoms with van der Waals surface area (Å²) < 4.78 is 1.16. The number of amides is 2. The molecule has 1 unspecified atom stereocenters. The van der Waals surface area contributed by atoms with Gasteiger partial charge in [-0.05, 0) is 36.9 Å². The maximum absolute atomic E-state index is 12.9. The van der Waals surface area contributed by atoms with Crippen molar-refractivity contribution in [3.63, 3.8) is 0 Å². The Morgan fingerprint density at radius 3 is 2.52 bits per heavy atom. The van der Waals surface area contributed by atoms with Gasteiger partial charge in [0.05, 0.1) is 10.8 Å². The van der Waals surface area contributed by atoms with Crippen LogP contribution in [0, 0.1) is 12.8 Å². The van der Waals surface area contributed by atoms with E-state index < -0.39 is 0 Å². The minimum atomic E-state index is 0.105. The number of fused-ring (bicyclic) bond motifs is 1. The average molecular weight is 357 g/mol. The second kappa shape index (κ2) is 6.77. The highest BCUT2D eigenvalue weighted by molar-refractivity contribution is 7.21. The maximum Gasteiger partial charge on any atom is 0.264 e. The van der Waals surface area contributed by atoms with Crippen LogP contribution in [0.3, 0.4) is 0 Å². The van der Waals surface area contributed by atoms with Crippen molar-refractivity contribution in [2.75, 3.05) is 39.3 Å². The second-order valence-electron chi connectivity index (χ2n) is 6.86. The molecule has 0 aliphatic carbocycles. The number of nitrogens with zero attached hydrogens (tertiary/aromatic N) is 2. The van der Waals surface area contributed by atoms with Crippen molar-refractivity contribution >= 4 is 33.2 Å². The van der Waals surface area contributed by atoms with Crippen LogP contribution in [0.5, 0.6) is 0 Å². The van der Waals surface area contributed by atoms with Crippen molar-refractivity contribution in [2.45, 2.75) is 13.3 Å². The van der Waals surface area contributed by atoms with Crippen LogP contribution >= 0.6 is 11.3 Å². The standard InChI is InChI=1S/C19H23N3O2S/c1-13-15-4-2-3-5-16(15)25-17(13)19(24)22-10-8-21(9-11-22)18(23)14-6-7-20-12-14/h2-5,14,20H,6-12H2,1H3. The minimum absolute atomic E-state index is 0.105. The van der Waals surface area contributed by atoms with E-state index in [9.17, 15) is 9.59 Å². The van der Waals surface area contributed by atoms with Crippen molar-refractivity contribution in [3.05, 3.63) is 34.7 Å². The van der Waals surface area contributed by atoms with Crippen LogP contribution in [-0.4, -0.2) is 60.9 Å². The van der Waals surface area contributed by atoms with Crippen LogP contribution in [0.1, 0.15) is 21.7 Å². The van der Waals surface area contributed by atoms with Crippen molar-refractivity contribution < 1.29 is 9.59 Å². The predicted molar refractivity (Wildman–Crippen MR) is 100 cm³/mol. The summed E-state index contributed by atoms with van der Waals surface area (Å²) in [5, 5.41) is 4.41. The molecule has 1 aromatic carbocycles. The Labute approximate surface area is 151 Å². The van der Waals surface area contributed by atoms with Gasteiger partial charge in [0, 0.05) is 37.4 Å². The lowest BCUT2D eigenvalue weighted by molar-refractivity contribution is -0.136. The molecule has 132 valence electrons. The molecule has 0 saturated carbocycles. The highest BCUT2D eigenvalue weighted by Crippen LogP contribution is 2.31. The first-order valence-electron chi connectivity index (χ1n) is 8.92. The Bertz CT molecular complexity index is 802. The van der Waals surface area contributed by atoms with E-state index in [1.807, 2.05) is 28.9 Å². The topological polar surface area (TPSA) is 52.7 Å². The van der Waals surface area contributed by atoms with E-state index in [-0.39, 0.29) is 17.7 Å². The maximum atomic E-state index is 12.9. The molecule has 2 aliphatic rings. The summed E-state index contributed by atoms with van der Waals surface area (Å²) in [6, 6.07) is 8.16. The number of hydrogen-bond donors (Lipinski definition) is 1. The van der Waals surface area contributed by atoms with Gasteiger partial charge in [0.15, 0.2) is 0 Å². The summed E-state index contributed by atoms with van der Waals surface area (Å²) in [6.07, 6.45) is 0.930. The number of hydrogen-bond acceptors (Lipinski definition) is 4. The molecule has 3 heterocycles. The number of benzene rings is 1. The number of piperazine rings is 1. The van der Waals surface area contributed by atoms with Gasteiger partial charge in [0.1, 0.15) is 0 Å². The van der Waals surface area contributed by atoms with Gasteiger partial charge in [0.2, 0.25) is 5.91 Å². The van der Waals surface area contributed by atoms with Gasteiger partial charge in [-0.25, -0.2) is 0 Å². The lowest BCUT2D eigenvalue weighted by Crippen LogP contribution is -2.52. The van der Waals surface area contributed by atoms with Crippen molar-refractivity contribution in [1.29, 1.82) is 0 Å². The van der Waals surface area contributed by atoms with E-state index in [4.69, 9.17) is 0 Å². The fourth-order valence-electron chi connectivity index (χ4n) is 3.78. The molecule has 1 aromatic heterocycles. The molecule has 0 bridgehead atoms. The van der Waals surface area contributed by atoms with Gasteiger partial charge in [-0.1, -0.05) is 18.2 Å². The number of rotatable bonds is 2. The van der Waals surface area contributed by atoms with Crippen molar-refractivity contribution in [2.24, 2.45) is 5.92 Å². The number of carbonyl (C=O) groups excluding carboxylic acids is 2. The molecule has 2 amide bonds. The molecule has 0 spiro atoms. The first-order chi connectivity index (χ1) is 12.1. The first-order valence-corrected chi connectivity index (χ1v) is 9.73. The molecular weight excluding hydrogens is 334 g/mol. The van der Waals surface area contributed by atoms with Gasteiger partial charge in [0.25, 0.3) is 5.91 Å². The SMILES string of the molecule is Cc1c(C(=O)N2CCN(C(=O)C3CCNC3)CC2)sc2ccccc12. The van der Waals surface area contributed by atoms with Crippen molar-refractivity contribution in [3.8, 4) is 0 Å². The third-order valence-electron chi connectivity index (χ3n) is 5.33. The molecule has 2 aliphatic heterocycles. The number of thiophene rings is 1. The van der Waals surface area contributed by atoms with Crippen LogP contribution in [0.2, 0.25) is 0 Å². The summed E-state index contributed by atoms with van der Waals surface area (Å²) in [6.45, 7) is 6.28. The normalized spacial score (nSPS) is 21.1. The van der Waals surface area contributed by atoms with Gasteiger partial charge < -0.3 is 15.1 Å². The lowest BCUT2D eigenvalue weighted by atomic mass is 10.1. The van der Waals surface area contributed by atoms with E-state index >= 15 is 0 Å². The fourth-order valence-corrected chi connectivity index (χ4v) is 4.95. The molecule has 1 N–H and O–H groups in total. The molecule has 2 aromatic rings. The Morgan fingerprint density at radius 1 is 1.12 bits per heavy atom. The number of aryl methyl sites for hydroxylation is 1. The van der Waals surface area contributed by atoms with Crippen LogP contribution in [0.25, 0.3) is 10.1 Å². The van der Waals surface area contributed by atoms with Gasteiger partial charge in [-0.15, -0.1) is 11.3 Å². The largest absolute Gasteiger partial charge is 0.339 e. The monoisotopic (exact) mass is 357 g/mol. The van der Waals surface area contributed by atoms with E-state index in [0.717, 1.165) is 34.7 Å². The molecule has 2 fully saturated rings. The highest BCUT2D eigenvalue weighted by atomic mass is 32.1. The Balaban J connectivity index is 1.44. The molecule has 5 nitrogen and oxygen atoms in total. The Hall–Kier alpha value is -1.92. The molecule has 4 rings (SSSR count). The summed E-state index contributed by atoms with van der Waals surface area (Å²) in [5.74, 6) is 0.468. The molecule has 1 atom stereocenters. The quantitative estimate of drug-likeness (QED) is 0.896. The number of carbonyl (C=O) groups is 2. The zero-order chi connectivity index (χ0) is 17.4.